The number of carbonyl (C=O) groups is 1. The number of alkyl halides is 1. The maximum atomic E-state index is 17.1. The summed E-state index contributed by atoms with van der Waals surface area (Å²) >= 11 is 7.70. The van der Waals surface area contributed by atoms with E-state index in [1.165, 1.54) is 17.7 Å². The largest absolute Gasteiger partial charge is 0.465 e. The first-order valence-corrected chi connectivity index (χ1v) is 18.0. The summed E-state index contributed by atoms with van der Waals surface area (Å²) in [5.74, 6) is -0.892. The molecule has 0 aliphatic carbocycles. The van der Waals surface area contributed by atoms with Crippen molar-refractivity contribution in [2.45, 2.75) is 62.6 Å². The number of nitrogens with one attached hydrogen (secondary N) is 1. The average molecular weight is 738 g/mol. The van der Waals surface area contributed by atoms with Crippen molar-refractivity contribution >= 4 is 61.1 Å². The van der Waals surface area contributed by atoms with Crippen LogP contribution < -0.4 is 15.0 Å². The molecule has 0 spiro atoms. The van der Waals surface area contributed by atoms with Crippen LogP contribution in [0.5, 0.6) is 6.01 Å². The molecule has 5 heterocycles. The molecule has 2 aromatic heterocycles. The number of nitrogens with zero attached hydrogens (tertiary/aromatic N) is 6. The molecule has 0 radical (unpaired) electrons. The Morgan fingerprint density at radius 3 is 2.67 bits per heavy atom. The van der Waals surface area contributed by atoms with Crippen LogP contribution in [-0.2, 0) is 6.54 Å². The molecule has 2 N–H and O–H groups in total. The lowest BCUT2D eigenvalue weighted by Gasteiger charge is -2.32. The fourth-order valence-corrected chi connectivity index (χ4v) is 9.30. The molecule has 5 atom stereocenters. The summed E-state index contributed by atoms with van der Waals surface area (Å²) in [6.45, 7) is 1.20. The smallest absolute Gasteiger partial charge is 0.410 e. The van der Waals surface area contributed by atoms with Gasteiger partial charge in [0.25, 0.3) is 0 Å². The number of likely N-dealkylation sites (N-methyl/N-ethyl adjacent to an activating group) is 2. The summed E-state index contributed by atoms with van der Waals surface area (Å²) in [6, 6.07) is 14.7. The summed E-state index contributed by atoms with van der Waals surface area (Å²) in [6.07, 6.45) is 0.763. The van der Waals surface area contributed by atoms with Crippen LogP contribution in [0.1, 0.15) is 31.2 Å². The van der Waals surface area contributed by atoms with Gasteiger partial charge in [-0.25, -0.2) is 22.9 Å². The highest BCUT2D eigenvalue weighted by molar-refractivity contribution is 7.22. The van der Waals surface area contributed by atoms with E-state index in [1.807, 2.05) is 30.1 Å². The fraction of sp³-hybridized carbons (Fsp3) is 0.389. The number of ether oxygens (including phenoxy) is 1. The predicted molar refractivity (Wildman–Crippen MR) is 192 cm³/mol. The Bertz CT molecular complexity index is 2140. The van der Waals surface area contributed by atoms with E-state index in [1.54, 1.807) is 6.07 Å². The minimum atomic E-state index is -1.36. The first-order valence-electron chi connectivity index (χ1n) is 16.8. The van der Waals surface area contributed by atoms with Gasteiger partial charge in [-0.3, -0.25) is 15.1 Å². The van der Waals surface area contributed by atoms with E-state index in [2.05, 4.69) is 44.3 Å². The van der Waals surface area contributed by atoms with Crippen LogP contribution in [0.25, 0.3) is 32.2 Å². The van der Waals surface area contributed by atoms with Crippen LogP contribution in [0.4, 0.5) is 28.9 Å². The zero-order valence-corrected chi connectivity index (χ0v) is 29.4. The number of carboxylic acid groups (broad SMARTS) is 1. The molecule has 1 amide bonds. The number of aromatic nitrogens is 3. The van der Waals surface area contributed by atoms with Crippen molar-refractivity contribution in [1.29, 1.82) is 0 Å². The van der Waals surface area contributed by atoms with E-state index in [0.717, 1.165) is 37.1 Å². The molecular formula is C36H35ClF3N7O3S. The number of amides is 1. The maximum absolute atomic E-state index is 17.1. The molecule has 3 fully saturated rings. The molecule has 266 valence electrons. The summed E-state index contributed by atoms with van der Waals surface area (Å²) in [4.78, 5) is 31.6. The number of benzene rings is 3. The molecule has 8 rings (SSSR count). The zero-order chi connectivity index (χ0) is 35.6. The van der Waals surface area contributed by atoms with Gasteiger partial charge in [-0.2, -0.15) is 9.97 Å². The second-order valence-electron chi connectivity index (χ2n) is 13.6. The quantitative estimate of drug-likeness (QED) is 0.158. The molecule has 51 heavy (non-hydrogen) atoms. The fourth-order valence-electron chi connectivity index (χ4n) is 8.12. The Morgan fingerprint density at radius 2 is 1.92 bits per heavy atom. The Labute approximate surface area is 300 Å². The Kier molecular flexibility index (Phi) is 8.89. The molecule has 5 aromatic rings. The molecule has 3 aromatic carbocycles. The number of rotatable bonds is 9. The van der Waals surface area contributed by atoms with Gasteiger partial charge in [-0.15, -0.1) is 0 Å². The lowest BCUT2D eigenvalue weighted by molar-refractivity contribution is 0.188. The van der Waals surface area contributed by atoms with Crippen LogP contribution in [0.2, 0.25) is 5.02 Å². The van der Waals surface area contributed by atoms with Crippen molar-refractivity contribution in [3.63, 3.8) is 0 Å². The van der Waals surface area contributed by atoms with Gasteiger partial charge < -0.3 is 14.7 Å². The Morgan fingerprint density at radius 1 is 1.12 bits per heavy atom. The number of anilines is 2. The highest BCUT2D eigenvalue weighted by Crippen LogP contribution is 2.48. The zero-order valence-electron chi connectivity index (χ0n) is 27.8. The van der Waals surface area contributed by atoms with E-state index < -0.39 is 23.9 Å². The van der Waals surface area contributed by atoms with Crippen molar-refractivity contribution in [3.05, 3.63) is 70.8 Å². The first kappa shape index (κ1) is 33.9. The van der Waals surface area contributed by atoms with Crippen molar-refractivity contribution in [2.24, 2.45) is 0 Å². The predicted octanol–water partition coefficient (Wildman–Crippen LogP) is 7.59. The van der Waals surface area contributed by atoms with Crippen molar-refractivity contribution in [3.8, 4) is 17.1 Å². The molecular weight excluding hydrogens is 703 g/mol. The van der Waals surface area contributed by atoms with Crippen LogP contribution in [-0.4, -0.2) is 93.5 Å². The van der Waals surface area contributed by atoms with E-state index in [-0.39, 0.29) is 73.8 Å². The minimum Gasteiger partial charge on any atom is -0.465 e. The second-order valence-corrected chi connectivity index (χ2v) is 15.0. The van der Waals surface area contributed by atoms with Gasteiger partial charge in [0, 0.05) is 53.8 Å². The molecule has 3 aliphatic rings. The lowest BCUT2D eigenvalue weighted by atomic mass is 9.94. The summed E-state index contributed by atoms with van der Waals surface area (Å²) in [7, 11) is 3.96. The number of fused-ring (bicyclic) bond motifs is 4. The monoisotopic (exact) mass is 737 g/mol. The first-order chi connectivity index (χ1) is 24.5. The van der Waals surface area contributed by atoms with E-state index >= 15 is 4.39 Å². The van der Waals surface area contributed by atoms with Gasteiger partial charge in [0.05, 0.1) is 15.2 Å². The second kappa shape index (κ2) is 13.4. The third-order valence-electron chi connectivity index (χ3n) is 10.5. The number of hydrogen-bond acceptors (Lipinski definition) is 9. The van der Waals surface area contributed by atoms with Crippen LogP contribution in [0.15, 0.2) is 48.5 Å². The van der Waals surface area contributed by atoms with Crippen LogP contribution in [0, 0.1) is 11.6 Å². The topological polar surface area (TPSA) is 107 Å². The molecule has 3 aliphatic heterocycles. The molecule has 3 saturated heterocycles. The van der Waals surface area contributed by atoms with Crippen molar-refractivity contribution in [2.75, 3.05) is 37.5 Å². The van der Waals surface area contributed by atoms with Gasteiger partial charge in [0.1, 0.15) is 29.9 Å². The van der Waals surface area contributed by atoms with Gasteiger partial charge in [-0.05, 0) is 63.5 Å². The van der Waals surface area contributed by atoms with Crippen LogP contribution >= 0.6 is 22.9 Å². The summed E-state index contributed by atoms with van der Waals surface area (Å²) in [5, 5.41) is 11.7. The Balaban J connectivity index is 1.23. The Hall–Kier alpha value is -4.24. The normalized spacial score (nSPS) is 23.3. The van der Waals surface area contributed by atoms with Crippen molar-refractivity contribution < 1.29 is 27.8 Å². The highest BCUT2D eigenvalue weighted by atomic mass is 35.5. The lowest BCUT2D eigenvalue weighted by Crippen LogP contribution is -2.42. The number of thiazole rings is 1. The van der Waals surface area contributed by atoms with Crippen LogP contribution in [0.3, 0.4) is 0 Å². The summed E-state index contributed by atoms with van der Waals surface area (Å²) in [5.41, 5.74) is 1.36. The molecule has 1 unspecified atom stereocenters. The minimum absolute atomic E-state index is 0.0328. The standard InChI is InChI=1S/C36H35ClF3N7O3S/c1-45-16-19(38)12-21(45)17-50-34-41-30-23(33(43-34)47-20-8-11-26(47)27(13-20)46(2)15-18-6-4-3-5-7-18)14-24(37)28(29(30)40)22-9-10-25(39)32-31(22)42-35(51-32)44-36(48)49/h3-7,9-10,14,19-21,26-27H,8,11-13,15-17H2,1-2H3,(H,42,44)(H,48,49)/t19-,20-,21+,26+,27?/m1/s1. The molecule has 2 bridgehead atoms. The number of halogens is 4. The van der Waals surface area contributed by atoms with Crippen molar-refractivity contribution in [1.82, 2.24) is 24.8 Å². The van der Waals surface area contributed by atoms with Gasteiger partial charge in [-0.1, -0.05) is 53.3 Å². The third kappa shape index (κ3) is 6.21. The van der Waals surface area contributed by atoms with Gasteiger partial charge in [0.15, 0.2) is 10.9 Å². The maximum Gasteiger partial charge on any atom is 0.410 e. The third-order valence-corrected chi connectivity index (χ3v) is 11.7. The molecule has 15 heteroatoms. The van der Waals surface area contributed by atoms with Gasteiger partial charge in [0.2, 0.25) is 0 Å². The highest BCUT2D eigenvalue weighted by Gasteiger charge is 2.49. The number of hydrogen-bond donors (Lipinski definition) is 2. The summed E-state index contributed by atoms with van der Waals surface area (Å²) < 4.78 is 52.4. The number of likely N-dealkylation sites (tertiary alicyclic amines) is 1. The molecule has 0 saturated carbocycles. The SMILES string of the molecule is CN(Cc1ccccc1)C1C[C@H]2CC[C@@H]1N2c1nc(OC[C@@H]2C[C@@H](F)CN2C)nc2c(F)c(-c3ccc(F)c4sc(NC(=O)O)nc34)c(Cl)cc12. The van der Waals surface area contributed by atoms with E-state index in [0.29, 0.717) is 24.2 Å². The van der Waals surface area contributed by atoms with E-state index in [9.17, 15) is 18.7 Å². The van der Waals surface area contributed by atoms with Gasteiger partial charge >= 0.3 is 12.1 Å². The van der Waals surface area contributed by atoms with E-state index in [4.69, 9.17) is 21.3 Å². The average Bonchev–Trinajstić information content (AvgIpc) is 3.87. The molecule has 10 nitrogen and oxygen atoms in total.